The predicted molar refractivity (Wildman–Crippen MR) is 210 cm³/mol. The van der Waals surface area contributed by atoms with Crippen molar-refractivity contribution in [2.24, 2.45) is 0 Å². The highest BCUT2D eigenvalue weighted by molar-refractivity contribution is 6.20. The molecule has 3 atom stereocenters. The van der Waals surface area contributed by atoms with Crippen LogP contribution in [0.3, 0.4) is 0 Å². The SMILES string of the molecule is COC(=O)c1c(C(F)(F)F)[nH]c2c(O)cc3c(c12)[C@H](CCl)CN3C(=O)/C=C/c1ccc(/C=C/C(O)N2C[C@@H](CCl)c3c2cc(O)c2[nH]c(C(F)(F)F)c(C(=O)OC)c32)cc1. The number of phenols is 2. The van der Waals surface area contributed by atoms with Crippen LogP contribution in [0.25, 0.3) is 34.0 Å². The molecule has 1 amide bonds. The van der Waals surface area contributed by atoms with E-state index in [1.54, 1.807) is 30.3 Å². The molecule has 5 aromatic rings. The first-order valence-electron chi connectivity index (χ1n) is 17.8. The van der Waals surface area contributed by atoms with Gasteiger partial charge in [0, 0.05) is 71.4 Å². The van der Waals surface area contributed by atoms with E-state index in [0.29, 0.717) is 11.1 Å². The Hall–Kier alpha value is -5.85. The molecular formula is C40H32Cl2F6N4O8. The Kier molecular flexibility index (Phi) is 11.0. The molecule has 2 aliphatic rings. The van der Waals surface area contributed by atoms with Gasteiger partial charge >= 0.3 is 24.3 Å². The molecule has 0 bridgehead atoms. The lowest BCUT2D eigenvalue weighted by atomic mass is 9.95. The standard InChI is InChI=1S/C40H32Cl2F6N4O8/c1-59-37(57)31-29-27-19(13-41)15-51(21(27)11-23(53)33(29)49-35(31)39(43,44)45)25(55)9-7-17-3-5-18(6-4-17)8-10-26(56)52-16-20(14-42)28-22(52)12-24(54)34-30(28)32(38(58)60-2)36(50-34)40(46,47)48/h3-12,19-20,25,49-50,53-55H,13-16H2,1-2H3/b9-7+,10-8+/t19-,20-,25?/m1/s1. The minimum absolute atomic E-state index is 0.0254. The maximum Gasteiger partial charge on any atom is 0.432 e. The number of nitrogens with zero attached hydrogens (tertiary/aromatic N) is 2. The topological polar surface area (TPSA) is 168 Å². The number of esters is 2. The average Bonchev–Trinajstić information content (AvgIpc) is 3.99. The lowest BCUT2D eigenvalue weighted by Gasteiger charge is -2.24. The second-order valence-electron chi connectivity index (χ2n) is 14.0. The van der Waals surface area contributed by atoms with E-state index in [1.165, 1.54) is 34.1 Å². The van der Waals surface area contributed by atoms with Gasteiger partial charge in [0.1, 0.15) is 29.1 Å². The van der Waals surface area contributed by atoms with Gasteiger partial charge in [-0.3, -0.25) is 4.79 Å². The zero-order valence-corrected chi connectivity index (χ0v) is 32.6. The van der Waals surface area contributed by atoms with Crippen molar-refractivity contribution in [3.8, 4) is 11.5 Å². The fourth-order valence-corrected chi connectivity index (χ4v) is 8.39. The molecule has 316 valence electrons. The first kappa shape index (κ1) is 42.3. The van der Waals surface area contributed by atoms with Gasteiger partial charge in [0.25, 0.3) is 5.91 Å². The van der Waals surface area contributed by atoms with E-state index in [1.807, 2.05) is 0 Å². The summed E-state index contributed by atoms with van der Waals surface area (Å²) in [4.78, 5) is 45.7. The Bertz CT molecular complexity index is 2620. The zero-order chi connectivity index (χ0) is 43.6. The summed E-state index contributed by atoms with van der Waals surface area (Å²) in [7, 11) is 1.85. The third-order valence-electron chi connectivity index (χ3n) is 10.5. The second-order valence-corrected chi connectivity index (χ2v) is 14.6. The van der Waals surface area contributed by atoms with Gasteiger partial charge in [-0.25, -0.2) is 9.59 Å². The largest absolute Gasteiger partial charge is 0.506 e. The maximum absolute atomic E-state index is 14.0. The minimum Gasteiger partial charge on any atom is -0.506 e. The quantitative estimate of drug-likeness (QED) is 0.0424. The van der Waals surface area contributed by atoms with E-state index < -0.39 is 82.3 Å². The second kappa shape index (κ2) is 15.6. The van der Waals surface area contributed by atoms with Gasteiger partial charge in [-0.2, -0.15) is 26.3 Å². The molecule has 0 fully saturated rings. The maximum atomic E-state index is 14.0. The van der Waals surface area contributed by atoms with Gasteiger partial charge in [0.2, 0.25) is 0 Å². The number of alkyl halides is 8. The number of aliphatic hydroxyl groups excluding tert-OH is 1. The molecule has 12 nitrogen and oxygen atoms in total. The number of aromatic amines is 2. The highest BCUT2D eigenvalue weighted by Crippen LogP contribution is 2.51. The van der Waals surface area contributed by atoms with E-state index in [4.69, 9.17) is 23.2 Å². The van der Waals surface area contributed by atoms with E-state index >= 15 is 0 Å². The molecule has 0 saturated carbocycles. The van der Waals surface area contributed by atoms with E-state index in [9.17, 15) is 56.0 Å². The monoisotopic (exact) mass is 880 g/mol. The van der Waals surface area contributed by atoms with Crippen LogP contribution in [0.1, 0.15) is 66.2 Å². The predicted octanol–water partition coefficient (Wildman–Crippen LogP) is 8.23. The van der Waals surface area contributed by atoms with Crippen molar-refractivity contribution >= 4 is 86.4 Å². The van der Waals surface area contributed by atoms with Crippen LogP contribution >= 0.6 is 23.2 Å². The number of ether oxygens (including phenoxy) is 2. The number of halogens is 8. The van der Waals surface area contributed by atoms with Crippen molar-refractivity contribution in [1.82, 2.24) is 9.97 Å². The Labute approximate surface area is 345 Å². The molecular weight excluding hydrogens is 849 g/mol. The van der Waals surface area contributed by atoms with Crippen LogP contribution in [0, 0.1) is 0 Å². The van der Waals surface area contributed by atoms with Crippen molar-refractivity contribution < 1.29 is 65.5 Å². The molecule has 5 N–H and O–H groups in total. The van der Waals surface area contributed by atoms with Crippen molar-refractivity contribution in [2.45, 2.75) is 30.4 Å². The van der Waals surface area contributed by atoms with Gasteiger partial charge in [0.15, 0.2) is 0 Å². The summed E-state index contributed by atoms with van der Waals surface area (Å²) in [6, 6.07) is 8.93. The van der Waals surface area contributed by atoms with Gasteiger partial charge < -0.3 is 44.6 Å². The summed E-state index contributed by atoms with van der Waals surface area (Å²) in [6.07, 6.45) is -5.73. The summed E-state index contributed by atoms with van der Waals surface area (Å²) < 4.78 is 93.3. The van der Waals surface area contributed by atoms with Gasteiger partial charge in [0.05, 0.1) is 42.1 Å². The van der Waals surface area contributed by atoms with Gasteiger partial charge in [-0.1, -0.05) is 30.3 Å². The molecule has 3 aromatic carbocycles. The number of nitrogens with one attached hydrogen (secondary N) is 2. The number of phenolic OH excluding ortho intramolecular Hbond substituents is 2. The lowest BCUT2D eigenvalue weighted by molar-refractivity contribution is -0.141. The number of fused-ring (bicyclic) bond motifs is 6. The summed E-state index contributed by atoms with van der Waals surface area (Å²) in [5, 5.41) is 32.4. The van der Waals surface area contributed by atoms with Crippen LogP contribution in [0.5, 0.6) is 11.5 Å². The number of benzene rings is 3. The number of anilines is 2. The number of hydrogen-bond acceptors (Lipinski definition) is 9. The number of carbonyl (C=O) groups excluding carboxylic acids is 3. The number of amides is 1. The highest BCUT2D eigenvalue weighted by atomic mass is 35.5. The van der Waals surface area contributed by atoms with Crippen LogP contribution in [0.2, 0.25) is 0 Å². The molecule has 0 spiro atoms. The molecule has 7 rings (SSSR count). The Morgan fingerprint density at radius 1 is 0.783 bits per heavy atom. The minimum atomic E-state index is -5.01. The van der Waals surface area contributed by atoms with E-state index in [0.717, 1.165) is 20.3 Å². The number of carbonyl (C=O) groups is 3. The van der Waals surface area contributed by atoms with Crippen molar-refractivity contribution in [3.05, 3.63) is 93.3 Å². The third-order valence-corrected chi connectivity index (χ3v) is 11.3. The molecule has 0 radical (unpaired) electrons. The summed E-state index contributed by atoms with van der Waals surface area (Å²) in [6.45, 7) is -0.0404. The summed E-state index contributed by atoms with van der Waals surface area (Å²) in [5.74, 6) is -6.00. The lowest BCUT2D eigenvalue weighted by Crippen LogP contribution is -2.32. The van der Waals surface area contributed by atoms with Gasteiger partial charge in [-0.15, -0.1) is 23.2 Å². The number of hydrogen-bond donors (Lipinski definition) is 5. The molecule has 0 saturated heterocycles. The summed E-state index contributed by atoms with van der Waals surface area (Å²) in [5.41, 5.74) is -3.43. The normalized spacial score (nSPS) is 17.3. The highest BCUT2D eigenvalue weighted by Gasteiger charge is 2.45. The number of rotatable bonds is 9. The van der Waals surface area contributed by atoms with Crippen LogP contribution in [-0.4, -0.2) is 88.4 Å². The fourth-order valence-electron chi connectivity index (χ4n) is 7.89. The van der Waals surface area contributed by atoms with Crippen LogP contribution in [0.4, 0.5) is 37.7 Å². The molecule has 4 heterocycles. The Balaban J connectivity index is 1.12. The zero-order valence-electron chi connectivity index (χ0n) is 31.1. The number of methoxy groups -OCH3 is 2. The third kappa shape index (κ3) is 7.15. The Morgan fingerprint density at radius 2 is 1.23 bits per heavy atom. The number of H-pyrrole nitrogens is 2. The smallest absolute Gasteiger partial charge is 0.432 e. The molecule has 0 aliphatic carbocycles. The average molecular weight is 882 g/mol. The number of aliphatic hydroxyl groups is 1. The van der Waals surface area contributed by atoms with Crippen LogP contribution < -0.4 is 9.80 Å². The molecule has 2 aromatic heterocycles. The summed E-state index contributed by atoms with van der Waals surface area (Å²) >= 11 is 12.5. The first-order chi connectivity index (χ1) is 28.3. The molecule has 2 aliphatic heterocycles. The van der Waals surface area contributed by atoms with Crippen LogP contribution in [0.15, 0.2) is 48.6 Å². The molecule has 20 heteroatoms. The Morgan fingerprint density at radius 3 is 1.70 bits per heavy atom. The molecule has 60 heavy (non-hydrogen) atoms. The molecule has 1 unspecified atom stereocenters. The van der Waals surface area contributed by atoms with Gasteiger partial charge in [-0.05, 0) is 34.4 Å². The van der Waals surface area contributed by atoms with Crippen molar-refractivity contribution in [3.63, 3.8) is 0 Å². The fraction of sp³-hybridized carbons (Fsp3) is 0.275. The van der Waals surface area contributed by atoms with Crippen LogP contribution in [-0.2, 0) is 26.6 Å². The first-order valence-corrected chi connectivity index (χ1v) is 18.9. The van der Waals surface area contributed by atoms with E-state index in [2.05, 4.69) is 19.4 Å². The van der Waals surface area contributed by atoms with Crippen molar-refractivity contribution in [2.75, 3.05) is 48.9 Å². The van der Waals surface area contributed by atoms with E-state index in [-0.39, 0.29) is 69.2 Å². The number of aromatic hydroxyl groups is 2. The van der Waals surface area contributed by atoms with Crippen molar-refractivity contribution in [1.29, 1.82) is 0 Å². The number of aromatic nitrogens is 2.